The number of aryl methyl sites for hydroxylation is 1. The lowest BCUT2D eigenvalue weighted by molar-refractivity contribution is -0.130. The van der Waals surface area contributed by atoms with Crippen LogP contribution in [0.15, 0.2) is 23.4 Å². The van der Waals surface area contributed by atoms with Crippen molar-refractivity contribution in [1.82, 2.24) is 9.78 Å². The summed E-state index contributed by atoms with van der Waals surface area (Å²) in [6, 6.07) is 0. The zero-order valence-electron chi connectivity index (χ0n) is 18.9. The minimum absolute atomic E-state index is 0.162. The highest BCUT2D eigenvalue weighted by atomic mass is 16.3. The minimum Gasteiger partial charge on any atom is -0.393 e. The SMILES string of the molecule is CCn1ncc(/C=C2/C[C@H]3[C@H]4CC=C5C[C@H](O)CC[C@]5(C)[C@@H]4CC[C@]3(C)C2=O)c1C. The summed E-state index contributed by atoms with van der Waals surface area (Å²) in [4.78, 5) is 13.6. The van der Waals surface area contributed by atoms with Gasteiger partial charge in [0.05, 0.1) is 12.3 Å². The molecule has 0 bridgehead atoms. The molecule has 0 amide bonds. The topological polar surface area (TPSA) is 55.1 Å². The predicted octanol–water partition coefficient (Wildman–Crippen LogP) is 5.10. The molecule has 4 aliphatic rings. The quantitative estimate of drug-likeness (QED) is 0.547. The lowest BCUT2D eigenvalue weighted by atomic mass is 9.48. The van der Waals surface area contributed by atoms with E-state index in [9.17, 15) is 9.90 Å². The number of allylic oxidation sites excluding steroid dienone is 2. The minimum atomic E-state index is -0.211. The van der Waals surface area contributed by atoms with E-state index in [-0.39, 0.29) is 16.9 Å². The first kappa shape index (κ1) is 20.2. The number of fused-ring (bicyclic) bond motifs is 5. The average Bonchev–Trinajstić information content (AvgIpc) is 3.20. The molecule has 162 valence electrons. The number of aliphatic hydroxyl groups excluding tert-OH is 1. The zero-order valence-corrected chi connectivity index (χ0v) is 18.9. The molecule has 0 saturated heterocycles. The molecule has 0 spiro atoms. The molecular formula is C26H36N2O2. The van der Waals surface area contributed by atoms with E-state index in [1.807, 2.05) is 10.9 Å². The monoisotopic (exact) mass is 408 g/mol. The molecule has 4 aliphatic carbocycles. The van der Waals surface area contributed by atoms with Gasteiger partial charge >= 0.3 is 0 Å². The van der Waals surface area contributed by atoms with Crippen LogP contribution in [0.5, 0.6) is 0 Å². The second-order valence-corrected chi connectivity index (χ2v) is 10.8. The second kappa shape index (κ2) is 6.91. The molecule has 3 saturated carbocycles. The fourth-order valence-electron chi connectivity index (χ4n) is 7.55. The largest absolute Gasteiger partial charge is 0.393 e. The van der Waals surface area contributed by atoms with Crippen molar-refractivity contribution < 1.29 is 9.90 Å². The van der Waals surface area contributed by atoms with Crippen LogP contribution in [0.4, 0.5) is 0 Å². The van der Waals surface area contributed by atoms with Crippen LogP contribution in [-0.2, 0) is 11.3 Å². The number of nitrogens with zero attached hydrogens (tertiary/aromatic N) is 2. The van der Waals surface area contributed by atoms with Gasteiger partial charge in [0, 0.05) is 23.2 Å². The fourth-order valence-corrected chi connectivity index (χ4v) is 7.55. The fraction of sp³-hybridized carbons (Fsp3) is 0.692. The van der Waals surface area contributed by atoms with Gasteiger partial charge in [-0.2, -0.15) is 5.10 Å². The molecule has 4 nitrogen and oxygen atoms in total. The van der Waals surface area contributed by atoms with Gasteiger partial charge in [-0.3, -0.25) is 9.48 Å². The summed E-state index contributed by atoms with van der Waals surface area (Å²) in [6.07, 6.45) is 13.3. The van der Waals surface area contributed by atoms with Crippen LogP contribution >= 0.6 is 0 Å². The number of carbonyl (C=O) groups is 1. The van der Waals surface area contributed by atoms with Crippen LogP contribution in [0.1, 0.15) is 77.0 Å². The summed E-state index contributed by atoms with van der Waals surface area (Å²) < 4.78 is 2.00. The third-order valence-corrected chi connectivity index (χ3v) is 9.49. The van der Waals surface area contributed by atoms with E-state index in [1.165, 1.54) is 5.57 Å². The normalized spacial score (nSPS) is 42.0. The van der Waals surface area contributed by atoms with Gasteiger partial charge in [0.2, 0.25) is 0 Å². The molecule has 0 unspecified atom stereocenters. The Labute approximate surface area is 180 Å². The molecule has 30 heavy (non-hydrogen) atoms. The highest BCUT2D eigenvalue weighted by Gasteiger charge is 2.59. The standard InChI is InChI=1S/C26H36N2O2/c1-5-28-16(2)18(15-27-28)12-17-13-23-21-7-6-19-14-20(29)8-10-25(19,3)22(21)9-11-26(23,4)24(17)30/h6,12,15,20-23,29H,5,7-11,13-14H2,1-4H3/b17-12-/t20-,21+,22-,23+,25+,26+/m1/s1. The van der Waals surface area contributed by atoms with E-state index in [1.54, 1.807) is 0 Å². The molecule has 1 aromatic rings. The van der Waals surface area contributed by atoms with E-state index in [0.717, 1.165) is 68.3 Å². The van der Waals surface area contributed by atoms with Gasteiger partial charge in [-0.25, -0.2) is 0 Å². The Morgan fingerprint density at radius 1 is 1.20 bits per heavy atom. The molecular weight excluding hydrogens is 372 g/mol. The maximum absolute atomic E-state index is 13.6. The first-order chi connectivity index (χ1) is 14.3. The third kappa shape index (κ3) is 2.75. The second-order valence-electron chi connectivity index (χ2n) is 10.8. The van der Waals surface area contributed by atoms with Crippen LogP contribution < -0.4 is 0 Å². The number of ketones is 1. The average molecular weight is 409 g/mol. The van der Waals surface area contributed by atoms with E-state index < -0.39 is 0 Å². The van der Waals surface area contributed by atoms with Crippen molar-refractivity contribution in [1.29, 1.82) is 0 Å². The van der Waals surface area contributed by atoms with Crippen molar-refractivity contribution in [2.24, 2.45) is 28.6 Å². The van der Waals surface area contributed by atoms with E-state index in [2.05, 4.69) is 44.9 Å². The Kier molecular flexibility index (Phi) is 4.66. The smallest absolute Gasteiger partial charge is 0.165 e. The van der Waals surface area contributed by atoms with E-state index in [0.29, 0.717) is 23.5 Å². The van der Waals surface area contributed by atoms with Crippen LogP contribution in [0.25, 0.3) is 6.08 Å². The maximum Gasteiger partial charge on any atom is 0.165 e. The third-order valence-electron chi connectivity index (χ3n) is 9.49. The number of aromatic nitrogens is 2. The van der Waals surface area contributed by atoms with Crippen LogP contribution in [0.3, 0.4) is 0 Å². The Bertz CT molecular complexity index is 941. The van der Waals surface area contributed by atoms with Gasteiger partial charge in [0.1, 0.15) is 0 Å². The van der Waals surface area contributed by atoms with Gasteiger partial charge in [-0.05, 0) is 93.6 Å². The van der Waals surface area contributed by atoms with Crippen molar-refractivity contribution in [3.63, 3.8) is 0 Å². The Hall–Kier alpha value is -1.68. The number of Topliss-reactive ketones (excluding diaryl/α,β-unsaturated/α-hetero) is 1. The maximum atomic E-state index is 13.6. The molecule has 0 radical (unpaired) electrons. The van der Waals surface area contributed by atoms with E-state index in [4.69, 9.17) is 0 Å². The lowest BCUT2D eigenvalue weighted by Gasteiger charge is -2.56. The van der Waals surface area contributed by atoms with Gasteiger partial charge in [0.15, 0.2) is 5.78 Å². The van der Waals surface area contributed by atoms with Crippen LogP contribution in [-0.4, -0.2) is 26.8 Å². The lowest BCUT2D eigenvalue weighted by Crippen LogP contribution is -2.50. The molecule has 1 N–H and O–H groups in total. The van der Waals surface area contributed by atoms with Gasteiger partial charge < -0.3 is 5.11 Å². The zero-order chi connectivity index (χ0) is 21.3. The highest BCUT2D eigenvalue weighted by molar-refractivity contribution is 6.06. The molecule has 6 atom stereocenters. The summed E-state index contributed by atoms with van der Waals surface area (Å²) in [5.41, 5.74) is 4.76. The first-order valence-electron chi connectivity index (χ1n) is 11.9. The molecule has 1 heterocycles. The highest BCUT2D eigenvalue weighted by Crippen LogP contribution is 2.64. The number of hydrogen-bond acceptors (Lipinski definition) is 3. The van der Waals surface area contributed by atoms with Gasteiger partial charge in [0.25, 0.3) is 0 Å². The number of rotatable bonds is 2. The summed E-state index contributed by atoms with van der Waals surface area (Å²) in [6.45, 7) is 9.74. The molecule has 1 aromatic heterocycles. The van der Waals surface area contributed by atoms with Gasteiger partial charge in [-0.1, -0.05) is 25.5 Å². The number of hydrogen-bond donors (Lipinski definition) is 1. The van der Waals surface area contributed by atoms with Gasteiger partial charge in [-0.15, -0.1) is 0 Å². The Morgan fingerprint density at radius 3 is 2.70 bits per heavy atom. The Morgan fingerprint density at radius 2 is 1.97 bits per heavy atom. The summed E-state index contributed by atoms with van der Waals surface area (Å²) in [5.74, 6) is 2.06. The van der Waals surface area contributed by atoms with Crippen molar-refractivity contribution in [3.05, 3.63) is 34.7 Å². The van der Waals surface area contributed by atoms with E-state index >= 15 is 0 Å². The summed E-state index contributed by atoms with van der Waals surface area (Å²) >= 11 is 0. The first-order valence-corrected chi connectivity index (χ1v) is 11.9. The molecule has 4 heteroatoms. The summed E-state index contributed by atoms with van der Waals surface area (Å²) in [7, 11) is 0. The molecule has 0 aliphatic heterocycles. The molecule has 0 aromatic carbocycles. The van der Waals surface area contributed by atoms with Crippen LogP contribution in [0, 0.1) is 35.5 Å². The van der Waals surface area contributed by atoms with Crippen molar-refractivity contribution in [2.45, 2.75) is 85.3 Å². The van der Waals surface area contributed by atoms with Crippen LogP contribution in [0.2, 0.25) is 0 Å². The number of aliphatic hydroxyl groups is 1. The summed E-state index contributed by atoms with van der Waals surface area (Å²) in [5, 5.41) is 14.7. The van der Waals surface area contributed by atoms with Crippen molar-refractivity contribution in [2.75, 3.05) is 0 Å². The van der Waals surface area contributed by atoms with Crippen molar-refractivity contribution >= 4 is 11.9 Å². The predicted molar refractivity (Wildman–Crippen MR) is 119 cm³/mol. The molecule has 3 fully saturated rings. The Balaban J connectivity index is 1.48. The molecule has 5 rings (SSSR count). The van der Waals surface area contributed by atoms with Crippen molar-refractivity contribution in [3.8, 4) is 0 Å². The number of carbonyl (C=O) groups excluding carboxylic acids is 1.